The number of carbonyl (C=O) groups excluding carboxylic acids is 1. The molecule has 0 saturated carbocycles. The van der Waals surface area contributed by atoms with Gasteiger partial charge in [-0.1, -0.05) is 60.7 Å². The normalized spacial score (nSPS) is 11.1. The second-order valence-corrected chi connectivity index (χ2v) is 6.90. The lowest BCUT2D eigenvalue weighted by Crippen LogP contribution is -2.23. The molecule has 0 fully saturated rings. The highest BCUT2D eigenvalue weighted by molar-refractivity contribution is 5.98. The number of nitrogens with one attached hydrogen (secondary N) is 2. The van der Waals surface area contributed by atoms with E-state index in [1.807, 2.05) is 60.7 Å². The molecular formula is C23H17N5O2. The molecule has 0 spiro atoms. The van der Waals surface area contributed by atoms with E-state index < -0.39 is 0 Å². The van der Waals surface area contributed by atoms with Crippen LogP contribution < -0.4 is 10.9 Å². The summed E-state index contributed by atoms with van der Waals surface area (Å²) >= 11 is 0. The van der Waals surface area contributed by atoms with Crippen LogP contribution in [0.15, 0.2) is 83.7 Å². The molecule has 0 aliphatic rings. The molecule has 7 heteroatoms. The van der Waals surface area contributed by atoms with Crippen LogP contribution in [0.25, 0.3) is 27.8 Å². The van der Waals surface area contributed by atoms with Crippen LogP contribution in [0.1, 0.15) is 15.9 Å². The fraction of sp³-hybridized carbons (Fsp3) is 0.0435. The number of hydrogen-bond acceptors (Lipinski definition) is 4. The standard InChI is InChI=1S/C23H17N5O2/c29-22(24-14-15-7-3-1-4-8-15)17-11-12-18-19(13-17)28-21(25-23(18)30)20(26-27-28)16-9-5-2-6-10-16/h1-13,27H,14H2,(H,24,29). The molecule has 0 unspecified atom stereocenters. The van der Waals surface area contributed by atoms with Crippen molar-refractivity contribution in [1.82, 2.24) is 25.1 Å². The van der Waals surface area contributed by atoms with Crippen LogP contribution in [0.4, 0.5) is 0 Å². The first-order valence-corrected chi connectivity index (χ1v) is 9.49. The Balaban J connectivity index is 1.56. The molecule has 0 saturated heterocycles. The van der Waals surface area contributed by atoms with E-state index in [4.69, 9.17) is 0 Å². The lowest BCUT2D eigenvalue weighted by molar-refractivity contribution is 0.0951. The zero-order valence-corrected chi connectivity index (χ0v) is 15.9. The molecule has 2 N–H and O–H groups in total. The van der Waals surface area contributed by atoms with Gasteiger partial charge in [-0.15, -0.1) is 0 Å². The van der Waals surface area contributed by atoms with E-state index in [0.717, 1.165) is 11.1 Å². The Labute approximate surface area is 171 Å². The molecule has 0 aliphatic carbocycles. The summed E-state index contributed by atoms with van der Waals surface area (Å²) in [5, 5.41) is 10.6. The zero-order chi connectivity index (χ0) is 20.5. The van der Waals surface area contributed by atoms with Gasteiger partial charge in [0, 0.05) is 17.7 Å². The van der Waals surface area contributed by atoms with Crippen molar-refractivity contribution < 1.29 is 4.79 Å². The molecule has 5 rings (SSSR count). The van der Waals surface area contributed by atoms with Crippen molar-refractivity contribution in [3.8, 4) is 11.3 Å². The van der Waals surface area contributed by atoms with Crippen LogP contribution in [0.2, 0.25) is 0 Å². The highest BCUT2D eigenvalue weighted by atomic mass is 16.1. The zero-order valence-electron chi connectivity index (χ0n) is 15.9. The number of hydrogen-bond donors (Lipinski definition) is 2. The summed E-state index contributed by atoms with van der Waals surface area (Å²) in [5.41, 5.74) is 3.49. The third-order valence-corrected chi connectivity index (χ3v) is 4.97. The first-order valence-electron chi connectivity index (χ1n) is 9.49. The average molecular weight is 395 g/mol. The van der Waals surface area contributed by atoms with Gasteiger partial charge >= 0.3 is 0 Å². The van der Waals surface area contributed by atoms with E-state index >= 15 is 0 Å². The Morgan fingerprint density at radius 3 is 2.47 bits per heavy atom. The molecule has 1 amide bonds. The van der Waals surface area contributed by atoms with Crippen molar-refractivity contribution >= 4 is 22.5 Å². The van der Waals surface area contributed by atoms with Gasteiger partial charge in [0.1, 0.15) is 5.69 Å². The van der Waals surface area contributed by atoms with Crippen molar-refractivity contribution in [2.24, 2.45) is 0 Å². The maximum absolute atomic E-state index is 12.7. The fourth-order valence-electron chi connectivity index (χ4n) is 3.44. The van der Waals surface area contributed by atoms with Gasteiger partial charge in [-0.3, -0.25) is 9.59 Å². The third kappa shape index (κ3) is 3.12. The Morgan fingerprint density at radius 1 is 0.967 bits per heavy atom. The summed E-state index contributed by atoms with van der Waals surface area (Å²) in [6.07, 6.45) is 0. The van der Waals surface area contributed by atoms with E-state index in [-0.39, 0.29) is 11.5 Å². The van der Waals surface area contributed by atoms with Crippen molar-refractivity contribution in [2.45, 2.75) is 6.54 Å². The number of carbonyl (C=O) groups is 1. The van der Waals surface area contributed by atoms with Gasteiger partial charge in [0.15, 0.2) is 5.65 Å². The Kier molecular flexibility index (Phi) is 4.33. The van der Waals surface area contributed by atoms with E-state index in [1.54, 1.807) is 22.7 Å². The van der Waals surface area contributed by atoms with Gasteiger partial charge in [0.2, 0.25) is 0 Å². The van der Waals surface area contributed by atoms with Gasteiger partial charge in [-0.05, 0) is 23.8 Å². The molecule has 2 heterocycles. The van der Waals surface area contributed by atoms with Crippen molar-refractivity contribution in [3.63, 3.8) is 0 Å². The largest absolute Gasteiger partial charge is 0.348 e. The van der Waals surface area contributed by atoms with Crippen LogP contribution in [0.3, 0.4) is 0 Å². The van der Waals surface area contributed by atoms with Crippen LogP contribution in [-0.2, 0) is 6.54 Å². The molecular weight excluding hydrogens is 378 g/mol. The number of amides is 1. The maximum Gasteiger partial charge on any atom is 0.281 e. The summed E-state index contributed by atoms with van der Waals surface area (Å²) in [6.45, 7) is 0.422. The van der Waals surface area contributed by atoms with Crippen molar-refractivity contribution in [2.75, 3.05) is 0 Å². The molecule has 0 bridgehead atoms. The molecule has 30 heavy (non-hydrogen) atoms. The Bertz CT molecular complexity index is 1420. The Hall–Kier alpha value is -4.26. The minimum Gasteiger partial charge on any atom is -0.348 e. The number of nitrogens with zero attached hydrogens (tertiary/aromatic N) is 3. The second kappa shape index (κ2) is 7.29. The fourth-order valence-corrected chi connectivity index (χ4v) is 3.44. The summed E-state index contributed by atoms with van der Waals surface area (Å²) in [6, 6.07) is 24.1. The summed E-state index contributed by atoms with van der Waals surface area (Å²) in [7, 11) is 0. The van der Waals surface area contributed by atoms with Crippen molar-refractivity contribution in [1.29, 1.82) is 0 Å². The molecule has 146 valence electrons. The number of benzene rings is 3. The number of rotatable bonds is 4. The van der Waals surface area contributed by atoms with Gasteiger partial charge < -0.3 is 5.32 Å². The quantitative estimate of drug-likeness (QED) is 0.489. The minimum atomic E-state index is -0.361. The van der Waals surface area contributed by atoms with Crippen LogP contribution in [0, 0.1) is 0 Å². The number of fused-ring (bicyclic) bond motifs is 3. The van der Waals surface area contributed by atoms with Gasteiger partial charge in [0.05, 0.1) is 10.9 Å². The van der Waals surface area contributed by atoms with Crippen molar-refractivity contribution in [3.05, 3.63) is 100 Å². The predicted octanol–water partition coefficient (Wildman–Crippen LogP) is 3.17. The highest BCUT2D eigenvalue weighted by Crippen LogP contribution is 2.22. The SMILES string of the molecule is O=C(NCc1ccccc1)c1ccc2c(=O)nc3c(-c4ccccc4)n[nH]n3c2c1. The van der Waals surface area contributed by atoms with Crippen LogP contribution >= 0.6 is 0 Å². The average Bonchev–Trinajstić information content (AvgIpc) is 3.22. The van der Waals surface area contributed by atoms with Crippen LogP contribution in [0.5, 0.6) is 0 Å². The van der Waals surface area contributed by atoms with Gasteiger partial charge in [-0.2, -0.15) is 10.1 Å². The minimum absolute atomic E-state index is 0.221. The van der Waals surface area contributed by atoms with E-state index in [1.165, 1.54) is 0 Å². The van der Waals surface area contributed by atoms with Gasteiger partial charge in [-0.25, -0.2) is 9.73 Å². The molecule has 2 aromatic heterocycles. The first kappa shape index (κ1) is 17.8. The smallest absolute Gasteiger partial charge is 0.281 e. The second-order valence-electron chi connectivity index (χ2n) is 6.90. The lowest BCUT2D eigenvalue weighted by Gasteiger charge is -2.07. The molecule has 3 aromatic carbocycles. The summed E-state index contributed by atoms with van der Waals surface area (Å²) < 4.78 is 1.63. The summed E-state index contributed by atoms with van der Waals surface area (Å²) in [5.74, 6) is -0.221. The molecule has 5 aromatic rings. The lowest BCUT2D eigenvalue weighted by atomic mass is 10.1. The Morgan fingerprint density at radius 2 is 1.70 bits per heavy atom. The number of aromatic nitrogens is 4. The molecule has 0 atom stereocenters. The first-order chi connectivity index (χ1) is 14.7. The maximum atomic E-state index is 12.7. The monoisotopic (exact) mass is 395 g/mol. The number of aromatic amines is 1. The highest BCUT2D eigenvalue weighted by Gasteiger charge is 2.15. The topological polar surface area (TPSA) is 92.2 Å². The van der Waals surface area contributed by atoms with E-state index in [2.05, 4.69) is 20.6 Å². The summed E-state index contributed by atoms with van der Waals surface area (Å²) in [4.78, 5) is 29.5. The number of H-pyrrole nitrogens is 1. The third-order valence-electron chi connectivity index (χ3n) is 4.97. The molecule has 0 aliphatic heterocycles. The van der Waals surface area contributed by atoms with Gasteiger partial charge in [0.25, 0.3) is 11.5 Å². The van der Waals surface area contributed by atoms with Crippen LogP contribution in [-0.4, -0.2) is 25.7 Å². The van der Waals surface area contributed by atoms with E-state index in [9.17, 15) is 9.59 Å². The van der Waals surface area contributed by atoms with E-state index in [0.29, 0.717) is 34.4 Å². The molecule has 7 nitrogen and oxygen atoms in total. The predicted molar refractivity (Wildman–Crippen MR) is 114 cm³/mol. The molecule has 0 radical (unpaired) electrons.